The van der Waals surface area contributed by atoms with Crippen molar-refractivity contribution < 1.29 is 24.2 Å². The molecule has 6 nitrogen and oxygen atoms in total. The smallest absolute Gasteiger partial charge is 0.300 e. The van der Waals surface area contributed by atoms with Gasteiger partial charge in [-0.15, -0.1) is 0 Å². The molecule has 0 radical (unpaired) electrons. The topological polar surface area (TPSA) is 76.1 Å². The van der Waals surface area contributed by atoms with Crippen LogP contribution in [0.1, 0.15) is 28.3 Å². The molecular weight excluding hydrogens is 454 g/mol. The second-order valence-electron chi connectivity index (χ2n) is 8.09. The van der Waals surface area contributed by atoms with E-state index >= 15 is 0 Å². The largest absolute Gasteiger partial charge is 0.507 e. The number of carbonyl (C=O) groups excluding carboxylic acids is 2. The van der Waals surface area contributed by atoms with Gasteiger partial charge in [-0.25, -0.2) is 0 Å². The van der Waals surface area contributed by atoms with E-state index in [9.17, 15) is 14.7 Å². The third-order valence-electron chi connectivity index (χ3n) is 5.88. The van der Waals surface area contributed by atoms with Crippen LogP contribution in [0.3, 0.4) is 0 Å². The predicted octanol–water partition coefficient (Wildman–Crippen LogP) is 5.60. The van der Waals surface area contributed by atoms with Crippen molar-refractivity contribution in [1.82, 2.24) is 0 Å². The van der Waals surface area contributed by atoms with E-state index in [1.54, 1.807) is 43.5 Å². The Labute approximate surface area is 203 Å². The molecule has 7 heteroatoms. The number of aryl methyl sites for hydroxylation is 2. The van der Waals surface area contributed by atoms with Gasteiger partial charge in [0.2, 0.25) is 0 Å². The van der Waals surface area contributed by atoms with Gasteiger partial charge in [-0.05, 0) is 61.4 Å². The molecule has 0 spiro atoms. The van der Waals surface area contributed by atoms with Crippen LogP contribution < -0.4 is 14.4 Å². The molecule has 174 valence electrons. The second-order valence-corrected chi connectivity index (χ2v) is 8.49. The molecule has 0 saturated carbocycles. The third kappa shape index (κ3) is 4.01. The number of Topliss-reactive ketones (excluding diaryl/α,β-unsaturated/α-hetero) is 1. The number of rotatable bonds is 5. The normalized spacial score (nSPS) is 17.2. The molecule has 1 heterocycles. The molecule has 0 bridgehead atoms. The summed E-state index contributed by atoms with van der Waals surface area (Å²) in [4.78, 5) is 28.0. The van der Waals surface area contributed by atoms with Crippen molar-refractivity contribution in [2.24, 2.45) is 0 Å². The van der Waals surface area contributed by atoms with E-state index in [0.29, 0.717) is 33.3 Å². The molecule has 4 rings (SSSR count). The molecule has 0 aliphatic carbocycles. The van der Waals surface area contributed by atoms with Gasteiger partial charge in [-0.2, -0.15) is 0 Å². The van der Waals surface area contributed by atoms with Gasteiger partial charge >= 0.3 is 0 Å². The van der Waals surface area contributed by atoms with Gasteiger partial charge < -0.3 is 14.6 Å². The Balaban J connectivity index is 1.94. The van der Waals surface area contributed by atoms with E-state index in [1.165, 1.54) is 12.0 Å². The minimum absolute atomic E-state index is 0.00658. The van der Waals surface area contributed by atoms with Crippen LogP contribution in [0.2, 0.25) is 5.02 Å². The first-order valence-electron chi connectivity index (χ1n) is 10.6. The van der Waals surface area contributed by atoms with Crippen molar-refractivity contribution in [3.8, 4) is 11.5 Å². The Kier molecular flexibility index (Phi) is 6.35. The van der Waals surface area contributed by atoms with E-state index < -0.39 is 17.7 Å². The number of hydrogen-bond donors (Lipinski definition) is 1. The van der Waals surface area contributed by atoms with E-state index in [0.717, 1.165) is 11.1 Å². The molecule has 1 N–H and O–H groups in total. The lowest BCUT2D eigenvalue weighted by atomic mass is 9.94. The summed E-state index contributed by atoms with van der Waals surface area (Å²) in [7, 11) is 3.06. The average molecular weight is 478 g/mol. The van der Waals surface area contributed by atoms with Gasteiger partial charge in [0.1, 0.15) is 17.3 Å². The van der Waals surface area contributed by atoms with Gasteiger partial charge in [-0.1, -0.05) is 41.4 Å². The van der Waals surface area contributed by atoms with Gasteiger partial charge in [0, 0.05) is 11.3 Å². The van der Waals surface area contributed by atoms with E-state index in [2.05, 4.69) is 0 Å². The predicted molar refractivity (Wildman–Crippen MR) is 132 cm³/mol. The average Bonchev–Trinajstić information content (AvgIpc) is 3.09. The summed E-state index contributed by atoms with van der Waals surface area (Å²) in [5.41, 5.74) is 3.28. The number of aliphatic hydroxyl groups is 1. The Bertz CT molecular complexity index is 1330. The molecular formula is C27H24ClNO5. The summed E-state index contributed by atoms with van der Waals surface area (Å²) in [5, 5.41) is 11.6. The second kappa shape index (κ2) is 9.23. The molecule has 1 aliphatic rings. The summed E-state index contributed by atoms with van der Waals surface area (Å²) < 4.78 is 10.5. The molecule has 1 fully saturated rings. The highest BCUT2D eigenvalue weighted by atomic mass is 35.5. The van der Waals surface area contributed by atoms with Crippen LogP contribution in [-0.4, -0.2) is 31.0 Å². The molecule has 3 aromatic carbocycles. The van der Waals surface area contributed by atoms with Crippen molar-refractivity contribution in [2.45, 2.75) is 19.9 Å². The first-order chi connectivity index (χ1) is 16.3. The number of benzene rings is 3. The number of hydrogen-bond acceptors (Lipinski definition) is 5. The fourth-order valence-electron chi connectivity index (χ4n) is 4.24. The molecule has 3 aromatic rings. The van der Waals surface area contributed by atoms with Crippen molar-refractivity contribution in [1.29, 1.82) is 0 Å². The van der Waals surface area contributed by atoms with Crippen LogP contribution in [0.5, 0.6) is 11.5 Å². The van der Waals surface area contributed by atoms with E-state index in [-0.39, 0.29) is 11.3 Å². The number of amides is 1. The zero-order valence-electron chi connectivity index (χ0n) is 19.3. The number of ether oxygens (including phenoxy) is 2. The number of anilines is 1. The highest BCUT2D eigenvalue weighted by Gasteiger charge is 2.47. The molecule has 0 aromatic heterocycles. The monoisotopic (exact) mass is 477 g/mol. The van der Waals surface area contributed by atoms with Crippen LogP contribution in [0.15, 0.2) is 66.2 Å². The lowest BCUT2D eigenvalue weighted by Crippen LogP contribution is -2.29. The standard InChI is InChI=1S/C27H24ClNO5/c1-15-6-5-7-17(12-15)24-23(25(30)18-8-10-21(33-3)16(2)13-18)26(31)27(32)29(24)19-9-11-22(34-4)20(28)14-19/h5-14,24,30H,1-4H3/b25-23+. The molecule has 1 amide bonds. The lowest BCUT2D eigenvalue weighted by molar-refractivity contribution is -0.132. The van der Waals surface area contributed by atoms with Gasteiger partial charge in [0.25, 0.3) is 11.7 Å². The van der Waals surface area contributed by atoms with Crippen LogP contribution in [0.25, 0.3) is 5.76 Å². The van der Waals surface area contributed by atoms with Crippen molar-refractivity contribution in [3.05, 3.63) is 93.5 Å². The number of aliphatic hydroxyl groups excluding tert-OH is 1. The number of nitrogens with zero attached hydrogens (tertiary/aromatic N) is 1. The van der Waals surface area contributed by atoms with Crippen molar-refractivity contribution in [2.75, 3.05) is 19.1 Å². The van der Waals surface area contributed by atoms with Crippen LogP contribution in [-0.2, 0) is 9.59 Å². The number of halogens is 1. The maximum atomic E-state index is 13.3. The Morgan fingerprint density at radius 3 is 2.26 bits per heavy atom. The van der Waals surface area contributed by atoms with Crippen LogP contribution in [0.4, 0.5) is 5.69 Å². The number of methoxy groups -OCH3 is 2. The Hall–Kier alpha value is -3.77. The Morgan fingerprint density at radius 2 is 1.65 bits per heavy atom. The van der Waals surface area contributed by atoms with Crippen molar-refractivity contribution >= 4 is 34.7 Å². The van der Waals surface area contributed by atoms with Gasteiger partial charge in [0.15, 0.2) is 0 Å². The minimum atomic E-state index is -0.841. The van der Waals surface area contributed by atoms with E-state index in [1.807, 2.05) is 38.1 Å². The lowest BCUT2D eigenvalue weighted by Gasteiger charge is -2.26. The van der Waals surface area contributed by atoms with Crippen LogP contribution >= 0.6 is 11.6 Å². The summed E-state index contributed by atoms with van der Waals surface area (Å²) in [6, 6.07) is 16.6. The Morgan fingerprint density at radius 1 is 0.941 bits per heavy atom. The highest BCUT2D eigenvalue weighted by Crippen LogP contribution is 2.44. The van der Waals surface area contributed by atoms with E-state index in [4.69, 9.17) is 21.1 Å². The first-order valence-corrected chi connectivity index (χ1v) is 11.0. The molecule has 1 unspecified atom stereocenters. The van der Waals surface area contributed by atoms with Crippen molar-refractivity contribution in [3.63, 3.8) is 0 Å². The fraction of sp³-hybridized carbons (Fsp3) is 0.185. The summed E-state index contributed by atoms with van der Waals surface area (Å²) in [5.74, 6) is -0.676. The van der Waals surface area contributed by atoms with Crippen LogP contribution in [0, 0.1) is 13.8 Å². The molecule has 34 heavy (non-hydrogen) atoms. The zero-order chi connectivity index (χ0) is 24.6. The highest BCUT2D eigenvalue weighted by molar-refractivity contribution is 6.51. The maximum Gasteiger partial charge on any atom is 0.300 e. The van der Waals surface area contributed by atoms with Gasteiger partial charge in [0.05, 0.1) is 30.9 Å². The molecule has 1 aliphatic heterocycles. The minimum Gasteiger partial charge on any atom is -0.507 e. The van der Waals surface area contributed by atoms with Gasteiger partial charge in [-0.3, -0.25) is 14.5 Å². The first kappa shape index (κ1) is 23.4. The SMILES string of the molecule is COc1ccc(/C(O)=C2\C(=O)C(=O)N(c3ccc(OC)c(Cl)c3)C2c2cccc(C)c2)cc1C. The maximum absolute atomic E-state index is 13.3. The third-order valence-corrected chi connectivity index (χ3v) is 6.18. The molecule has 1 atom stereocenters. The quantitative estimate of drug-likeness (QED) is 0.294. The summed E-state index contributed by atoms with van der Waals surface area (Å²) in [6.45, 7) is 3.76. The molecule has 1 saturated heterocycles. The zero-order valence-corrected chi connectivity index (χ0v) is 20.0. The number of ketones is 1. The summed E-state index contributed by atoms with van der Waals surface area (Å²) >= 11 is 6.33. The fourth-order valence-corrected chi connectivity index (χ4v) is 4.49. The summed E-state index contributed by atoms with van der Waals surface area (Å²) in [6.07, 6.45) is 0. The number of carbonyl (C=O) groups is 2.